The molecule has 0 aliphatic carbocycles. The molecule has 1 heterocycles. The number of benzene rings is 1. The van der Waals surface area contributed by atoms with Crippen molar-refractivity contribution >= 4 is 11.6 Å². The normalized spacial score (nSPS) is 21.7. The molecule has 0 aromatic heterocycles. The fourth-order valence-electron chi connectivity index (χ4n) is 2.07. The van der Waals surface area contributed by atoms with Gasteiger partial charge in [-0.25, -0.2) is 4.39 Å². The third kappa shape index (κ3) is 3.18. The van der Waals surface area contributed by atoms with E-state index in [9.17, 15) is 4.39 Å². The summed E-state index contributed by atoms with van der Waals surface area (Å²) < 4.78 is 19.0. The Bertz CT molecular complexity index is 380. The largest absolute Gasteiger partial charge is 0.381 e. The van der Waals surface area contributed by atoms with Crippen molar-refractivity contribution in [2.24, 2.45) is 5.92 Å². The third-order valence-electron chi connectivity index (χ3n) is 3.32. The van der Waals surface area contributed by atoms with Gasteiger partial charge >= 0.3 is 0 Å². The van der Waals surface area contributed by atoms with Crippen molar-refractivity contribution < 1.29 is 9.13 Å². The summed E-state index contributed by atoms with van der Waals surface area (Å²) in [5, 5.41) is 3.51. The molecule has 1 aliphatic heterocycles. The summed E-state index contributed by atoms with van der Waals surface area (Å²) in [7, 11) is 0. The van der Waals surface area contributed by atoms with Crippen LogP contribution in [0.3, 0.4) is 0 Å². The van der Waals surface area contributed by atoms with Crippen LogP contribution >= 0.6 is 11.6 Å². The van der Waals surface area contributed by atoms with Crippen LogP contribution in [-0.2, 0) is 11.3 Å². The number of rotatable bonds is 4. The first-order valence-corrected chi connectivity index (χ1v) is 6.30. The van der Waals surface area contributed by atoms with E-state index in [4.69, 9.17) is 16.3 Å². The van der Waals surface area contributed by atoms with Crippen LogP contribution in [0, 0.1) is 11.7 Å². The van der Waals surface area contributed by atoms with Gasteiger partial charge in [0.05, 0.1) is 11.6 Å². The molecular formula is C13H17ClFNO. The zero-order valence-corrected chi connectivity index (χ0v) is 10.6. The minimum Gasteiger partial charge on any atom is -0.381 e. The fraction of sp³-hybridized carbons (Fsp3) is 0.538. The second-order valence-corrected chi connectivity index (χ2v) is 4.91. The van der Waals surface area contributed by atoms with E-state index >= 15 is 0 Å². The lowest BCUT2D eigenvalue weighted by atomic mass is 10.0. The molecule has 2 rings (SSSR count). The molecule has 1 fully saturated rings. The van der Waals surface area contributed by atoms with Crippen LogP contribution in [0.25, 0.3) is 0 Å². The predicted octanol–water partition coefficient (Wildman–Crippen LogP) is 2.99. The summed E-state index contributed by atoms with van der Waals surface area (Å²) >= 11 is 5.73. The number of halogens is 2. The Balaban J connectivity index is 1.90. The highest BCUT2D eigenvalue weighted by molar-refractivity contribution is 6.30. The molecule has 4 heteroatoms. The van der Waals surface area contributed by atoms with E-state index < -0.39 is 0 Å². The summed E-state index contributed by atoms with van der Waals surface area (Å²) in [6.45, 7) is 4.25. The molecule has 0 amide bonds. The zero-order chi connectivity index (χ0) is 12.3. The van der Waals surface area contributed by atoms with Gasteiger partial charge in [0.1, 0.15) is 5.82 Å². The van der Waals surface area contributed by atoms with E-state index in [-0.39, 0.29) is 10.8 Å². The molecule has 2 atom stereocenters. The Morgan fingerprint density at radius 1 is 1.59 bits per heavy atom. The molecular weight excluding hydrogens is 241 g/mol. The monoisotopic (exact) mass is 257 g/mol. The minimum absolute atomic E-state index is 0.182. The van der Waals surface area contributed by atoms with E-state index in [2.05, 4.69) is 12.2 Å². The maximum absolute atomic E-state index is 13.6. The molecule has 0 bridgehead atoms. The van der Waals surface area contributed by atoms with E-state index in [1.807, 2.05) is 0 Å². The van der Waals surface area contributed by atoms with Crippen molar-refractivity contribution in [2.75, 3.05) is 13.2 Å². The average molecular weight is 258 g/mol. The van der Waals surface area contributed by atoms with Gasteiger partial charge in [0, 0.05) is 24.8 Å². The average Bonchev–Trinajstić information content (AvgIpc) is 2.84. The van der Waals surface area contributed by atoms with Gasteiger partial charge in [0.25, 0.3) is 0 Å². The second-order valence-electron chi connectivity index (χ2n) is 4.51. The van der Waals surface area contributed by atoms with Gasteiger partial charge in [-0.05, 0) is 25.3 Å². The van der Waals surface area contributed by atoms with Gasteiger partial charge in [-0.15, -0.1) is 0 Å². The first-order chi connectivity index (χ1) is 8.18. The maximum Gasteiger partial charge on any atom is 0.146 e. The second kappa shape index (κ2) is 5.80. The number of hydrogen-bond donors (Lipinski definition) is 1. The lowest BCUT2D eigenvalue weighted by molar-refractivity contribution is 0.178. The van der Waals surface area contributed by atoms with Crippen molar-refractivity contribution in [1.29, 1.82) is 0 Å². The molecule has 0 radical (unpaired) electrons. The molecule has 1 aromatic carbocycles. The van der Waals surface area contributed by atoms with E-state index in [1.54, 1.807) is 18.2 Å². The Morgan fingerprint density at radius 2 is 2.41 bits per heavy atom. The molecule has 2 nitrogen and oxygen atoms in total. The van der Waals surface area contributed by atoms with Crippen LogP contribution in [0.2, 0.25) is 5.02 Å². The Kier molecular flexibility index (Phi) is 4.37. The molecule has 94 valence electrons. The van der Waals surface area contributed by atoms with Crippen LogP contribution in [0.4, 0.5) is 4.39 Å². The van der Waals surface area contributed by atoms with E-state index in [0.717, 1.165) is 19.6 Å². The minimum atomic E-state index is -0.323. The van der Waals surface area contributed by atoms with Gasteiger partial charge < -0.3 is 10.1 Å². The molecule has 17 heavy (non-hydrogen) atoms. The molecule has 0 spiro atoms. The molecule has 1 N–H and O–H groups in total. The van der Waals surface area contributed by atoms with Crippen molar-refractivity contribution in [3.8, 4) is 0 Å². The van der Waals surface area contributed by atoms with Crippen LogP contribution in [0.1, 0.15) is 18.9 Å². The molecule has 2 unspecified atom stereocenters. The third-order valence-corrected chi connectivity index (χ3v) is 3.61. The molecule has 1 aromatic rings. The van der Waals surface area contributed by atoms with Crippen LogP contribution in [-0.4, -0.2) is 19.3 Å². The Hall–Kier alpha value is -0.640. The predicted molar refractivity (Wildman–Crippen MR) is 66.6 cm³/mol. The highest BCUT2D eigenvalue weighted by atomic mass is 35.5. The highest BCUT2D eigenvalue weighted by Gasteiger charge is 2.22. The van der Waals surface area contributed by atoms with Gasteiger partial charge in [0.15, 0.2) is 0 Å². The SMILES string of the molecule is CC(NCc1cccc(Cl)c1F)C1CCOC1. The van der Waals surface area contributed by atoms with Crippen LogP contribution in [0.15, 0.2) is 18.2 Å². The standard InChI is InChI=1S/C13H17ClFNO/c1-9(11-5-6-17-8-11)16-7-10-3-2-4-12(14)13(10)15/h2-4,9,11,16H,5-8H2,1H3. The molecule has 1 saturated heterocycles. The van der Waals surface area contributed by atoms with E-state index in [1.165, 1.54) is 0 Å². The highest BCUT2D eigenvalue weighted by Crippen LogP contribution is 2.19. The lowest BCUT2D eigenvalue weighted by Crippen LogP contribution is -2.33. The first-order valence-electron chi connectivity index (χ1n) is 5.92. The van der Waals surface area contributed by atoms with E-state index in [0.29, 0.717) is 24.1 Å². The summed E-state index contributed by atoms with van der Waals surface area (Å²) in [6, 6.07) is 5.42. The molecule has 0 saturated carbocycles. The van der Waals surface area contributed by atoms with Gasteiger partial charge in [-0.3, -0.25) is 0 Å². The van der Waals surface area contributed by atoms with Gasteiger partial charge in [-0.1, -0.05) is 23.7 Å². The molecule has 1 aliphatic rings. The van der Waals surface area contributed by atoms with Crippen LogP contribution in [0.5, 0.6) is 0 Å². The first kappa shape index (κ1) is 12.8. The van der Waals surface area contributed by atoms with Crippen LogP contribution < -0.4 is 5.32 Å². The van der Waals surface area contributed by atoms with Gasteiger partial charge in [-0.2, -0.15) is 0 Å². The maximum atomic E-state index is 13.6. The number of nitrogens with one attached hydrogen (secondary N) is 1. The van der Waals surface area contributed by atoms with Crippen molar-refractivity contribution in [1.82, 2.24) is 5.32 Å². The topological polar surface area (TPSA) is 21.3 Å². The summed E-state index contributed by atoms with van der Waals surface area (Å²) in [6.07, 6.45) is 1.08. The summed E-state index contributed by atoms with van der Waals surface area (Å²) in [5.41, 5.74) is 0.614. The smallest absolute Gasteiger partial charge is 0.146 e. The zero-order valence-electron chi connectivity index (χ0n) is 9.88. The Morgan fingerprint density at radius 3 is 3.12 bits per heavy atom. The lowest BCUT2D eigenvalue weighted by Gasteiger charge is -2.19. The quantitative estimate of drug-likeness (QED) is 0.895. The van der Waals surface area contributed by atoms with Crippen molar-refractivity contribution in [3.63, 3.8) is 0 Å². The van der Waals surface area contributed by atoms with Gasteiger partial charge in [0.2, 0.25) is 0 Å². The fourth-order valence-corrected chi connectivity index (χ4v) is 2.26. The van der Waals surface area contributed by atoms with Crippen molar-refractivity contribution in [3.05, 3.63) is 34.6 Å². The number of ether oxygens (including phenoxy) is 1. The summed E-state index contributed by atoms with van der Waals surface area (Å²) in [5.74, 6) is 0.203. The summed E-state index contributed by atoms with van der Waals surface area (Å²) in [4.78, 5) is 0. The van der Waals surface area contributed by atoms with Crippen molar-refractivity contribution in [2.45, 2.75) is 25.9 Å². The Labute approximate surface area is 106 Å². The number of hydrogen-bond acceptors (Lipinski definition) is 2.